The molecule has 4 amide bonds. The molecule has 268 valence electrons. The molecule has 1 aromatic rings. The predicted molar refractivity (Wildman–Crippen MR) is 188 cm³/mol. The summed E-state index contributed by atoms with van der Waals surface area (Å²) in [5.41, 5.74) is 5.77. The van der Waals surface area contributed by atoms with Gasteiger partial charge in [-0.15, -0.1) is 22.9 Å². The molecule has 8 unspecified atom stereocenters. The first kappa shape index (κ1) is 34.6. The summed E-state index contributed by atoms with van der Waals surface area (Å²) in [5.74, 6) is -0.336. The number of fused-ring (bicyclic) bond motifs is 3. The van der Waals surface area contributed by atoms with Crippen molar-refractivity contribution in [2.75, 3.05) is 25.0 Å². The van der Waals surface area contributed by atoms with E-state index in [1.807, 2.05) is 6.08 Å². The Hall–Kier alpha value is -2.86. The molecule has 11 nitrogen and oxygen atoms in total. The van der Waals surface area contributed by atoms with Crippen molar-refractivity contribution in [3.05, 3.63) is 23.2 Å². The van der Waals surface area contributed by atoms with Gasteiger partial charge in [-0.2, -0.15) is 0 Å². The lowest BCUT2D eigenvalue weighted by Gasteiger charge is -2.29. The number of anilines is 1. The van der Waals surface area contributed by atoms with Gasteiger partial charge in [-0.3, -0.25) is 14.4 Å². The monoisotopic (exact) mass is 714 g/mol. The zero-order valence-electron chi connectivity index (χ0n) is 28.3. The molecule has 0 bridgehead atoms. The van der Waals surface area contributed by atoms with Gasteiger partial charge in [0.1, 0.15) is 23.7 Å². The number of hydrogen-bond acceptors (Lipinski definition) is 8. The van der Waals surface area contributed by atoms with Gasteiger partial charge in [-0.25, -0.2) is 9.78 Å². The third-order valence-electron chi connectivity index (χ3n) is 12.1. The Kier molecular flexibility index (Phi) is 10.4. The Bertz CT molecular complexity index is 1430. The molecule has 3 aliphatic heterocycles. The second-order valence-electron chi connectivity index (χ2n) is 15.3. The first-order valence-corrected chi connectivity index (χ1v) is 19.9. The third-order valence-corrected chi connectivity index (χ3v) is 13.4. The fraction of sp³-hybridized carbons (Fsp3) is 0.750. The number of carbonyl (C=O) groups excluding carboxylic acids is 4. The van der Waals surface area contributed by atoms with E-state index in [4.69, 9.17) is 27.1 Å². The van der Waals surface area contributed by atoms with Crippen LogP contribution < -0.4 is 16.4 Å². The quantitative estimate of drug-likeness (QED) is 0.277. The molecule has 13 heteroatoms. The Balaban J connectivity index is 1.10. The fourth-order valence-electron chi connectivity index (χ4n) is 9.05. The van der Waals surface area contributed by atoms with E-state index in [-0.39, 0.29) is 36.1 Å². The van der Waals surface area contributed by atoms with Crippen molar-refractivity contribution in [1.29, 1.82) is 0 Å². The van der Waals surface area contributed by atoms with Crippen molar-refractivity contribution in [3.63, 3.8) is 0 Å². The van der Waals surface area contributed by atoms with E-state index in [9.17, 15) is 19.2 Å². The molecule has 4 heterocycles. The zero-order valence-corrected chi connectivity index (χ0v) is 29.9. The molecule has 0 aromatic carbocycles. The van der Waals surface area contributed by atoms with Gasteiger partial charge in [-0.05, 0) is 63.2 Å². The van der Waals surface area contributed by atoms with Crippen molar-refractivity contribution in [2.24, 2.45) is 23.5 Å². The lowest BCUT2D eigenvalue weighted by molar-refractivity contribution is -0.140. The second kappa shape index (κ2) is 14.8. The van der Waals surface area contributed by atoms with Crippen molar-refractivity contribution in [1.82, 2.24) is 20.1 Å². The van der Waals surface area contributed by atoms with E-state index >= 15 is 0 Å². The highest BCUT2D eigenvalue weighted by molar-refractivity contribution is 7.13. The number of carbonyl (C=O) groups is 4. The lowest BCUT2D eigenvalue weighted by Crippen LogP contribution is -2.56. The summed E-state index contributed by atoms with van der Waals surface area (Å²) in [4.78, 5) is 62.9. The van der Waals surface area contributed by atoms with Gasteiger partial charge in [0.15, 0.2) is 5.13 Å². The molecule has 3 saturated carbocycles. The van der Waals surface area contributed by atoms with Gasteiger partial charge in [-0.1, -0.05) is 50.7 Å². The van der Waals surface area contributed by atoms with E-state index in [2.05, 4.69) is 22.1 Å². The second-order valence-corrected chi connectivity index (χ2v) is 16.8. The number of primary amides is 1. The molecule has 2 saturated heterocycles. The summed E-state index contributed by atoms with van der Waals surface area (Å²) in [6.07, 6.45) is 16.8. The minimum absolute atomic E-state index is 0.0595. The summed E-state index contributed by atoms with van der Waals surface area (Å²) in [7, 11) is 0. The smallest absolute Gasteiger partial charge is 0.410 e. The van der Waals surface area contributed by atoms with Crippen LogP contribution in [0, 0.1) is 17.8 Å². The van der Waals surface area contributed by atoms with Gasteiger partial charge in [0.25, 0.3) is 0 Å². The molecule has 3 aliphatic carbocycles. The van der Waals surface area contributed by atoms with E-state index in [1.54, 1.807) is 9.80 Å². The Morgan fingerprint density at radius 1 is 1.02 bits per heavy atom. The molecule has 49 heavy (non-hydrogen) atoms. The maximum atomic E-state index is 14.5. The molecular weight excluding hydrogens is 664 g/mol. The molecule has 4 N–H and O–H groups in total. The molecule has 8 atom stereocenters. The normalized spacial score (nSPS) is 36.4. The van der Waals surface area contributed by atoms with Crippen LogP contribution >= 0.6 is 22.9 Å². The number of likely N-dealkylation sites (tertiary alicyclic amines) is 1. The molecule has 0 spiro atoms. The predicted octanol–water partition coefficient (Wildman–Crippen LogP) is 5.30. The fourth-order valence-corrected chi connectivity index (χ4v) is 10.3. The summed E-state index contributed by atoms with van der Waals surface area (Å²) < 4.78 is 6.05. The number of thiazole rings is 1. The summed E-state index contributed by atoms with van der Waals surface area (Å²) in [6.45, 7) is 1.28. The van der Waals surface area contributed by atoms with Crippen LogP contribution in [0.1, 0.15) is 108 Å². The van der Waals surface area contributed by atoms with Crippen molar-refractivity contribution < 1.29 is 23.9 Å². The SMILES string of the molecule is NC(=O)C12CC1/C=C\CCCCCC(Nc1nc(C3CCCCC3)cs1)C(=O)N1CC(OC(=O)N3CC4CCCC(Cl)C4C3)CC1C(=O)N2. The summed E-state index contributed by atoms with van der Waals surface area (Å²) in [5, 5.41) is 9.28. The number of nitrogens with zero attached hydrogens (tertiary/aromatic N) is 3. The number of hydrogen-bond donors (Lipinski definition) is 3. The van der Waals surface area contributed by atoms with Crippen molar-refractivity contribution in [3.8, 4) is 0 Å². The van der Waals surface area contributed by atoms with E-state index < -0.39 is 41.6 Å². The van der Waals surface area contributed by atoms with Crippen LogP contribution in [0.4, 0.5) is 9.93 Å². The van der Waals surface area contributed by atoms with Crippen LogP contribution in [0.25, 0.3) is 0 Å². The van der Waals surface area contributed by atoms with Crippen molar-refractivity contribution >= 4 is 51.9 Å². The number of aromatic nitrogens is 1. The van der Waals surface area contributed by atoms with Gasteiger partial charge < -0.3 is 30.9 Å². The van der Waals surface area contributed by atoms with Crippen molar-refractivity contribution in [2.45, 2.75) is 131 Å². The first-order valence-electron chi connectivity index (χ1n) is 18.6. The highest BCUT2D eigenvalue weighted by atomic mass is 35.5. The Morgan fingerprint density at radius 3 is 2.61 bits per heavy atom. The van der Waals surface area contributed by atoms with Crippen LogP contribution in [0.15, 0.2) is 17.5 Å². The topological polar surface area (TPSA) is 147 Å². The highest BCUT2D eigenvalue weighted by Crippen LogP contribution is 2.45. The molecule has 0 radical (unpaired) electrons. The number of halogens is 1. The number of alkyl halides is 1. The third kappa shape index (κ3) is 7.46. The summed E-state index contributed by atoms with van der Waals surface area (Å²) in [6, 6.07) is -1.51. The van der Waals surface area contributed by atoms with Crippen LogP contribution in [0.3, 0.4) is 0 Å². The zero-order chi connectivity index (χ0) is 34.1. The van der Waals surface area contributed by atoms with Gasteiger partial charge in [0, 0.05) is 42.1 Å². The largest absolute Gasteiger partial charge is 0.444 e. The maximum Gasteiger partial charge on any atom is 0.410 e. The lowest BCUT2D eigenvalue weighted by atomic mass is 9.81. The Morgan fingerprint density at radius 2 is 1.82 bits per heavy atom. The van der Waals surface area contributed by atoms with Crippen LogP contribution in [0.2, 0.25) is 0 Å². The number of nitrogens with one attached hydrogen (secondary N) is 2. The number of rotatable bonds is 5. The molecule has 7 rings (SSSR count). The minimum atomic E-state index is -1.17. The highest BCUT2D eigenvalue weighted by Gasteiger charge is 2.60. The number of allylic oxidation sites excluding steroid dienone is 1. The van der Waals surface area contributed by atoms with Crippen LogP contribution in [-0.4, -0.2) is 87.3 Å². The minimum Gasteiger partial charge on any atom is -0.444 e. The average molecular weight is 715 g/mol. The molecule has 6 aliphatic rings. The molecule has 1 aromatic heterocycles. The van der Waals surface area contributed by atoms with Gasteiger partial charge >= 0.3 is 6.09 Å². The summed E-state index contributed by atoms with van der Waals surface area (Å²) >= 11 is 8.16. The van der Waals surface area contributed by atoms with E-state index in [1.165, 1.54) is 30.6 Å². The number of nitrogens with two attached hydrogens (primary N) is 1. The van der Waals surface area contributed by atoms with Gasteiger partial charge in [0.2, 0.25) is 17.7 Å². The first-order chi connectivity index (χ1) is 23.7. The number of amides is 4. The van der Waals surface area contributed by atoms with Crippen LogP contribution in [0.5, 0.6) is 0 Å². The van der Waals surface area contributed by atoms with E-state index in [0.717, 1.165) is 63.5 Å². The Labute approximate surface area is 298 Å². The van der Waals surface area contributed by atoms with Crippen LogP contribution in [-0.2, 0) is 19.1 Å². The molecule has 5 fully saturated rings. The average Bonchev–Trinajstić information content (AvgIpc) is 3.49. The molecular formula is C36H51ClN6O5S. The van der Waals surface area contributed by atoms with E-state index in [0.29, 0.717) is 42.9 Å². The number of ether oxygens (including phenoxy) is 1. The van der Waals surface area contributed by atoms with Gasteiger partial charge in [0.05, 0.1) is 12.2 Å². The maximum absolute atomic E-state index is 14.5. The standard InChI is InChI=1S/C36H51ClN6O5S/c37-27-14-9-12-23-18-42(20-26(23)27)35(47)48-25-16-30-31(44)41-36(33(38)46)17-24(36)13-7-2-1-3-8-15-28(32(45)43(30)19-25)39-34-40-29(21-49-34)22-10-5-4-6-11-22/h7,13,21-28,30H,1-6,8-12,14-20H2,(H2,38,46)(H,39,40)(H,41,44)/b13-7-.